The van der Waals surface area contributed by atoms with E-state index in [1.807, 2.05) is 25.1 Å². The molecule has 0 heterocycles. The van der Waals surface area contributed by atoms with Crippen LogP contribution in [0.15, 0.2) is 22.7 Å². The quantitative estimate of drug-likeness (QED) is 0.878. The van der Waals surface area contributed by atoms with Crippen molar-refractivity contribution in [2.75, 3.05) is 5.32 Å². The number of carbonyl (C=O) groups excluding carboxylic acids is 1. The average Bonchev–Trinajstić information content (AvgIpc) is 2.31. The molecule has 0 fully saturated rings. The smallest absolute Gasteiger partial charge is 0.225 e. The Kier molecular flexibility index (Phi) is 5.65. The van der Waals surface area contributed by atoms with Crippen molar-refractivity contribution in [2.45, 2.75) is 39.2 Å². The third-order valence-electron chi connectivity index (χ3n) is 2.69. The van der Waals surface area contributed by atoms with Crippen molar-refractivity contribution < 1.29 is 4.79 Å². The summed E-state index contributed by atoms with van der Waals surface area (Å²) in [5.41, 5.74) is 7.76. The molecule has 0 aliphatic heterocycles. The molecule has 4 heteroatoms. The van der Waals surface area contributed by atoms with Crippen LogP contribution in [0.4, 0.5) is 5.69 Å². The molecule has 3 nitrogen and oxygen atoms in total. The van der Waals surface area contributed by atoms with Crippen LogP contribution in [0.3, 0.4) is 0 Å². The van der Waals surface area contributed by atoms with Gasteiger partial charge in [-0.3, -0.25) is 4.79 Å². The van der Waals surface area contributed by atoms with Crippen LogP contribution < -0.4 is 11.1 Å². The molecule has 0 aliphatic carbocycles. The lowest BCUT2D eigenvalue weighted by Gasteiger charge is -2.12. The van der Waals surface area contributed by atoms with Crippen molar-refractivity contribution in [3.8, 4) is 0 Å². The molecule has 94 valence electrons. The van der Waals surface area contributed by atoms with Gasteiger partial charge in [0.1, 0.15) is 0 Å². The Balaban J connectivity index is 2.71. The Morgan fingerprint density at radius 1 is 1.47 bits per heavy atom. The van der Waals surface area contributed by atoms with Crippen LogP contribution in [-0.4, -0.2) is 11.9 Å². The van der Waals surface area contributed by atoms with Gasteiger partial charge in [0.2, 0.25) is 5.91 Å². The molecule has 0 radical (unpaired) electrons. The fraction of sp³-hybridized carbons (Fsp3) is 0.462. The average molecular weight is 299 g/mol. The van der Waals surface area contributed by atoms with Crippen LogP contribution in [0.25, 0.3) is 0 Å². The second kappa shape index (κ2) is 6.77. The highest BCUT2D eigenvalue weighted by Crippen LogP contribution is 2.21. The third-order valence-corrected chi connectivity index (χ3v) is 3.19. The lowest BCUT2D eigenvalue weighted by molar-refractivity contribution is -0.116. The Labute approximate surface area is 111 Å². The van der Waals surface area contributed by atoms with Crippen molar-refractivity contribution in [3.05, 3.63) is 28.2 Å². The van der Waals surface area contributed by atoms with E-state index < -0.39 is 0 Å². The molecule has 0 spiro atoms. The minimum absolute atomic E-state index is 0.0172. The van der Waals surface area contributed by atoms with Crippen LogP contribution in [0.1, 0.15) is 32.3 Å². The molecule has 0 bridgehead atoms. The number of aryl methyl sites for hydroxylation is 1. The first-order chi connectivity index (χ1) is 8.06. The van der Waals surface area contributed by atoms with Gasteiger partial charge < -0.3 is 11.1 Å². The highest BCUT2D eigenvalue weighted by molar-refractivity contribution is 9.10. The summed E-state index contributed by atoms with van der Waals surface area (Å²) in [5.74, 6) is -0.0172. The van der Waals surface area contributed by atoms with Gasteiger partial charge in [-0.05, 0) is 36.6 Å². The molecular weight excluding hydrogens is 280 g/mol. The Morgan fingerprint density at radius 2 is 2.18 bits per heavy atom. The van der Waals surface area contributed by atoms with Gasteiger partial charge >= 0.3 is 0 Å². The molecule has 17 heavy (non-hydrogen) atoms. The minimum Gasteiger partial charge on any atom is -0.327 e. The zero-order valence-corrected chi connectivity index (χ0v) is 11.9. The number of carbonyl (C=O) groups is 1. The first-order valence-corrected chi connectivity index (χ1v) is 6.70. The fourth-order valence-electron chi connectivity index (χ4n) is 1.56. The number of anilines is 1. The van der Waals surface area contributed by atoms with Crippen LogP contribution in [0.2, 0.25) is 0 Å². The lowest BCUT2D eigenvalue weighted by Crippen LogP contribution is -2.26. The van der Waals surface area contributed by atoms with Gasteiger partial charge in [-0.25, -0.2) is 0 Å². The van der Waals surface area contributed by atoms with Crippen molar-refractivity contribution in [1.29, 1.82) is 0 Å². The number of nitrogens with two attached hydrogens (primary N) is 1. The van der Waals surface area contributed by atoms with Crippen molar-refractivity contribution in [2.24, 2.45) is 5.73 Å². The summed E-state index contributed by atoms with van der Waals surface area (Å²) >= 11 is 3.42. The maximum Gasteiger partial charge on any atom is 0.225 e. The third kappa shape index (κ3) is 4.48. The van der Waals surface area contributed by atoms with E-state index in [1.54, 1.807) is 0 Å². The summed E-state index contributed by atoms with van der Waals surface area (Å²) in [6.45, 7) is 4.05. The fourth-order valence-corrected chi connectivity index (χ4v) is 1.97. The van der Waals surface area contributed by atoms with Crippen LogP contribution in [-0.2, 0) is 11.2 Å². The Hall–Kier alpha value is -0.870. The summed E-state index contributed by atoms with van der Waals surface area (Å²) in [6, 6.07) is 5.80. The normalized spacial score (nSPS) is 12.2. The summed E-state index contributed by atoms with van der Waals surface area (Å²) in [5, 5.41) is 2.91. The van der Waals surface area contributed by atoms with E-state index in [2.05, 4.69) is 28.2 Å². The molecular formula is C13H19BrN2O. The molecule has 1 aromatic carbocycles. The summed E-state index contributed by atoms with van der Waals surface area (Å²) in [6.07, 6.45) is 2.07. The number of halogens is 1. The van der Waals surface area contributed by atoms with Crippen molar-refractivity contribution >= 4 is 27.5 Å². The molecule has 3 N–H and O–H groups in total. The maximum absolute atomic E-state index is 11.7. The SMILES string of the molecule is CCc1cc(Br)ccc1NC(=O)CC(N)CC. The summed E-state index contributed by atoms with van der Waals surface area (Å²) in [4.78, 5) is 11.7. The highest BCUT2D eigenvalue weighted by Gasteiger charge is 2.09. The van der Waals surface area contributed by atoms with Crippen LogP contribution in [0.5, 0.6) is 0 Å². The van der Waals surface area contributed by atoms with Gasteiger partial charge in [-0.15, -0.1) is 0 Å². The first-order valence-electron chi connectivity index (χ1n) is 5.90. The highest BCUT2D eigenvalue weighted by atomic mass is 79.9. The topological polar surface area (TPSA) is 55.1 Å². The van der Waals surface area contributed by atoms with E-state index >= 15 is 0 Å². The summed E-state index contributed by atoms with van der Waals surface area (Å²) < 4.78 is 1.03. The molecule has 0 aliphatic rings. The Bertz CT molecular complexity index is 393. The molecule has 0 saturated heterocycles. The van der Waals surface area contributed by atoms with E-state index in [-0.39, 0.29) is 11.9 Å². The predicted octanol–water partition coefficient (Wildman–Crippen LogP) is 3.08. The second-order valence-corrected chi connectivity index (χ2v) is 4.99. The second-order valence-electron chi connectivity index (χ2n) is 4.08. The van der Waals surface area contributed by atoms with Crippen LogP contribution in [0, 0.1) is 0 Å². The number of benzene rings is 1. The maximum atomic E-state index is 11.7. The van der Waals surface area contributed by atoms with E-state index in [1.165, 1.54) is 0 Å². The van der Waals surface area contributed by atoms with Gasteiger partial charge in [0.25, 0.3) is 0 Å². The number of hydrogen-bond acceptors (Lipinski definition) is 2. The van der Waals surface area contributed by atoms with E-state index in [4.69, 9.17) is 5.73 Å². The van der Waals surface area contributed by atoms with E-state index in [9.17, 15) is 4.79 Å². The monoisotopic (exact) mass is 298 g/mol. The molecule has 1 atom stereocenters. The predicted molar refractivity (Wildman–Crippen MR) is 75.0 cm³/mol. The largest absolute Gasteiger partial charge is 0.327 e. The first kappa shape index (κ1) is 14.2. The summed E-state index contributed by atoms with van der Waals surface area (Å²) in [7, 11) is 0. The molecule has 1 unspecified atom stereocenters. The van der Waals surface area contributed by atoms with Crippen molar-refractivity contribution in [3.63, 3.8) is 0 Å². The minimum atomic E-state index is -0.0597. The molecule has 1 rings (SSSR count). The van der Waals surface area contributed by atoms with E-state index in [0.717, 1.165) is 28.6 Å². The number of nitrogens with one attached hydrogen (secondary N) is 1. The lowest BCUT2D eigenvalue weighted by atomic mass is 10.1. The van der Waals surface area contributed by atoms with Gasteiger partial charge in [-0.1, -0.05) is 29.8 Å². The zero-order chi connectivity index (χ0) is 12.8. The zero-order valence-electron chi connectivity index (χ0n) is 10.3. The van der Waals surface area contributed by atoms with Gasteiger partial charge in [0.15, 0.2) is 0 Å². The Morgan fingerprint density at radius 3 is 2.76 bits per heavy atom. The number of amides is 1. The molecule has 0 saturated carbocycles. The standard InChI is InChI=1S/C13H19BrN2O/c1-3-9-7-10(14)5-6-12(9)16-13(17)8-11(15)4-2/h5-7,11H,3-4,8,15H2,1-2H3,(H,16,17). The van der Waals surface area contributed by atoms with Gasteiger partial charge in [0.05, 0.1) is 0 Å². The molecule has 1 amide bonds. The van der Waals surface area contributed by atoms with Crippen LogP contribution >= 0.6 is 15.9 Å². The van der Waals surface area contributed by atoms with Gasteiger partial charge in [-0.2, -0.15) is 0 Å². The number of rotatable bonds is 5. The molecule has 1 aromatic rings. The molecule has 0 aromatic heterocycles. The van der Waals surface area contributed by atoms with Crippen molar-refractivity contribution in [1.82, 2.24) is 0 Å². The number of hydrogen-bond donors (Lipinski definition) is 2. The van der Waals surface area contributed by atoms with E-state index in [0.29, 0.717) is 6.42 Å². The van der Waals surface area contributed by atoms with Gasteiger partial charge in [0, 0.05) is 22.6 Å².